The van der Waals surface area contributed by atoms with E-state index in [2.05, 4.69) is 18.2 Å². The maximum Gasteiger partial charge on any atom is 0.203 e. The first-order valence-electron chi connectivity index (χ1n) is 7.68. The van der Waals surface area contributed by atoms with Crippen LogP contribution in [-0.2, 0) is 0 Å². The van der Waals surface area contributed by atoms with Gasteiger partial charge < -0.3 is 5.41 Å². The van der Waals surface area contributed by atoms with Crippen LogP contribution >= 0.6 is 0 Å². The number of hydrogen-bond acceptors (Lipinski definition) is 4. The number of hydrogen-bond donors (Lipinski definition) is 1. The van der Waals surface area contributed by atoms with Gasteiger partial charge in [-0.15, -0.1) is 0 Å². The van der Waals surface area contributed by atoms with Crippen LogP contribution in [0.4, 0.5) is 0 Å². The Morgan fingerprint density at radius 1 is 1.10 bits per heavy atom. The molecule has 0 saturated heterocycles. The lowest BCUT2D eigenvalue weighted by Gasteiger charge is -2.52. The van der Waals surface area contributed by atoms with Crippen molar-refractivity contribution in [1.82, 2.24) is 0 Å². The summed E-state index contributed by atoms with van der Waals surface area (Å²) in [5, 5.41) is 37.3. The van der Waals surface area contributed by atoms with Gasteiger partial charge in [0.1, 0.15) is 0 Å². The van der Waals surface area contributed by atoms with Crippen molar-refractivity contribution in [2.75, 3.05) is 0 Å². The highest BCUT2D eigenvalue weighted by Gasteiger charge is 2.62. The Morgan fingerprint density at radius 2 is 1.76 bits per heavy atom. The van der Waals surface area contributed by atoms with Crippen LogP contribution in [0, 0.1) is 62.1 Å². The molecule has 2 atom stereocenters. The quantitative estimate of drug-likeness (QED) is 0.687. The molecule has 1 unspecified atom stereocenters. The predicted molar refractivity (Wildman–Crippen MR) is 76.8 cm³/mol. The topological polar surface area (TPSA) is 95.2 Å². The van der Waals surface area contributed by atoms with E-state index in [4.69, 9.17) is 5.41 Å². The van der Waals surface area contributed by atoms with Gasteiger partial charge in [0.25, 0.3) is 0 Å². The Morgan fingerprint density at radius 3 is 2.33 bits per heavy atom. The third-order valence-electron chi connectivity index (χ3n) is 5.84. The van der Waals surface area contributed by atoms with Gasteiger partial charge in [-0.2, -0.15) is 15.8 Å². The minimum Gasteiger partial charge on any atom is -0.305 e. The van der Waals surface area contributed by atoms with Crippen molar-refractivity contribution in [2.45, 2.75) is 44.9 Å². The van der Waals surface area contributed by atoms with Gasteiger partial charge >= 0.3 is 0 Å². The zero-order chi connectivity index (χ0) is 15.1. The van der Waals surface area contributed by atoms with Crippen LogP contribution in [0.5, 0.6) is 0 Å². The zero-order valence-corrected chi connectivity index (χ0v) is 12.0. The molecule has 0 aliphatic heterocycles. The average molecular weight is 278 g/mol. The predicted octanol–water partition coefficient (Wildman–Crippen LogP) is 3.48. The molecule has 0 aromatic heterocycles. The monoisotopic (exact) mass is 278 g/mol. The highest BCUT2D eigenvalue weighted by Crippen LogP contribution is 2.62. The summed E-state index contributed by atoms with van der Waals surface area (Å²) in [6.45, 7) is 0. The van der Waals surface area contributed by atoms with Crippen molar-refractivity contribution < 1.29 is 0 Å². The molecule has 2 saturated carbocycles. The number of nitriles is 3. The molecule has 106 valence electrons. The molecule has 0 aromatic carbocycles. The molecule has 4 nitrogen and oxygen atoms in total. The normalized spacial score (nSPS) is 32.4. The van der Waals surface area contributed by atoms with Crippen LogP contribution in [0.2, 0.25) is 0 Å². The molecule has 0 aromatic rings. The maximum atomic E-state index is 9.69. The second-order valence-electron chi connectivity index (χ2n) is 6.53. The van der Waals surface area contributed by atoms with Gasteiger partial charge in [-0.05, 0) is 42.6 Å². The molecule has 1 spiro atoms. The van der Waals surface area contributed by atoms with Crippen LogP contribution in [0.3, 0.4) is 0 Å². The van der Waals surface area contributed by atoms with E-state index in [0.29, 0.717) is 0 Å². The van der Waals surface area contributed by atoms with Crippen molar-refractivity contribution in [2.24, 2.45) is 22.7 Å². The molecule has 0 bridgehead atoms. The summed E-state index contributed by atoms with van der Waals surface area (Å²) in [4.78, 5) is 0. The lowest BCUT2D eigenvalue weighted by Crippen LogP contribution is -2.54. The van der Waals surface area contributed by atoms with Gasteiger partial charge in [-0.25, -0.2) is 0 Å². The molecule has 1 N–H and O–H groups in total. The molecule has 3 aliphatic carbocycles. The van der Waals surface area contributed by atoms with Crippen molar-refractivity contribution in [3.05, 3.63) is 11.6 Å². The summed E-state index contributed by atoms with van der Waals surface area (Å²) >= 11 is 0. The average Bonchev–Trinajstić information content (AvgIpc) is 3.01. The second-order valence-corrected chi connectivity index (χ2v) is 6.53. The smallest absolute Gasteiger partial charge is 0.203 e. The van der Waals surface area contributed by atoms with E-state index in [9.17, 15) is 15.8 Å². The molecule has 3 rings (SSSR count). The van der Waals surface area contributed by atoms with Crippen LogP contribution in [0.25, 0.3) is 0 Å². The third kappa shape index (κ3) is 1.55. The number of allylic oxidation sites excluding steroid dienone is 2. The molecule has 0 amide bonds. The fourth-order valence-corrected chi connectivity index (χ4v) is 4.89. The molecule has 0 radical (unpaired) electrons. The van der Waals surface area contributed by atoms with Gasteiger partial charge in [0.05, 0.1) is 29.8 Å². The first-order chi connectivity index (χ1) is 10.2. The number of nitrogens with one attached hydrogen (secondary N) is 1. The van der Waals surface area contributed by atoms with Gasteiger partial charge in [0, 0.05) is 0 Å². The standard InChI is InChI=1S/C17H18N4/c18-9-14-15(21)17(10-19,11-20)13-6-4-5-12(13)16(14)7-2-1-3-8-16/h6,12,14,21H,1-5,7-8H2/t12-,14?/m1/s1. The maximum absolute atomic E-state index is 9.69. The Balaban J connectivity index is 2.19. The lowest BCUT2D eigenvalue weighted by atomic mass is 9.47. The van der Waals surface area contributed by atoms with E-state index < -0.39 is 11.3 Å². The molecule has 2 fully saturated rings. The molecule has 21 heavy (non-hydrogen) atoms. The Hall–Kier alpha value is -2.12. The minimum atomic E-state index is -1.50. The fraction of sp³-hybridized carbons (Fsp3) is 0.647. The van der Waals surface area contributed by atoms with Crippen LogP contribution in [0.1, 0.15) is 44.9 Å². The highest BCUT2D eigenvalue weighted by atomic mass is 14.7. The number of fused-ring (bicyclic) bond motifs is 2. The van der Waals surface area contributed by atoms with Crippen molar-refractivity contribution in [1.29, 1.82) is 21.2 Å². The summed E-state index contributed by atoms with van der Waals surface area (Å²) < 4.78 is 0. The SMILES string of the molecule is N#CC1C(=N)C(C#N)(C#N)C2=CCC[C@H]2C12CCCCC2. The van der Waals surface area contributed by atoms with Gasteiger partial charge in [-0.1, -0.05) is 25.3 Å². The zero-order valence-electron chi connectivity index (χ0n) is 12.0. The van der Waals surface area contributed by atoms with E-state index in [1.165, 1.54) is 6.42 Å². The Bertz CT molecular complexity index is 617. The lowest BCUT2D eigenvalue weighted by molar-refractivity contribution is 0.0772. The summed E-state index contributed by atoms with van der Waals surface area (Å²) in [7, 11) is 0. The van der Waals surface area contributed by atoms with E-state index in [1.807, 2.05) is 6.08 Å². The van der Waals surface area contributed by atoms with E-state index in [1.54, 1.807) is 0 Å². The third-order valence-corrected chi connectivity index (χ3v) is 5.84. The van der Waals surface area contributed by atoms with Crippen molar-refractivity contribution in [3.63, 3.8) is 0 Å². The minimum absolute atomic E-state index is 0.0290. The summed E-state index contributed by atoms with van der Waals surface area (Å²) in [6, 6.07) is 6.44. The van der Waals surface area contributed by atoms with Gasteiger partial charge in [-0.3, -0.25) is 0 Å². The Kier molecular flexibility index (Phi) is 3.11. The van der Waals surface area contributed by atoms with Crippen molar-refractivity contribution in [3.8, 4) is 18.2 Å². The van der Waals surface area contributed by atoms with Gasteiger partial charge in [0.15, 0.2) is 0 Å². The number of nitrogens with zero attached hydrogens (tertiary/aromatic N) is 3. The molecular weight excluding hydrogens is 260 g/mol. The summed E-state index contributed by atoms with van der Waals surface area (Å²) in [6.07, 6.45) is 9.02. The van der Waals surface area contributed by atoms with Gasteiger partial charge in [0.2, 0.25) is 5.41 Å². The highest BCUT2D eigenvalue weighted by molar-refractivity contribution is 6.01. The first-order valence-corrected chi connectivity index (χ1v) is 7.68. The number of rotatable bonds is 0. The molecule has 3 aliphatic rings. The Labute approximate surface area is 125 Å². The fourth-order valence-electron chi connectivity index (χ4n) is 4.89. The van der Waals surface area contributed by atoms with E-state index in [-0.39, 0.29) is 17.0 Å². The largest absolute Gasteiger partial charge is 0.305 e. The molecule has 0 heterocycles. The second kappa shape index (κ2) is 4.71. The van der Waals surface area contributed by atoms with Crippen LogP contribution in [-0.4, -0.2) is 5.71 Å². The summed E-state index contributed by atoms with van der Waals surface area (Å²) in [5.74, 6) is -0.451. The van der Waals surface area contributed by atoms with Crippen LogP contribution < -0.4 is 0 Å². The van der Waals surface area contributed by atoms with E-state index >= 15 is 0 Å². The molecule has 4 heteroatoms. The summed E-state index contributed by atoms with van der Waals surface area (Å²) in [5.41, 5.74) is -0.847. The first kappa shape index (κ1) is 13.8. The molecular formula is C17H18N4. The van der Waals surface area contributed by atoms with Crippen molar-refractivity contribution >= 4 is 5.71 Å². The van der Waals surface area contributed by atoms with Crippen LogP contribution in [0.15, 0.2) is 11.6 Å². The van der Waals surface area contributed by atoms with E-state index in [0.717, 1.165) is 44.1 Å².